The van der Waals surface area contributed by atoms with E-state index >= 15 is 0 Å². The first-order chi connectivity index (χ1) is 15.8. The highest BCUT2D eigenvalue weighted by Gasteiger charge is 2.36. The van der Waals surface area contributed by atoms with Crippen molar-refractivity contribution < 1.29 is 31.8 Å². The zero-order valence-corrected chi connectivity index (χ0v) is 19.8. The number of hydrogen-bond acceptors (Lipinski definition) is 8. The van der Waals surface area contributed by atoms with Gasteiger partial charge in [-0.05, 0) is 33.1 Å². The molecule has 2 aromatic rings. The van der Waals surface area contributed by atoms with Crippen LogP contribution in [0.1, 0.15) is 38.7 Å². The lowest BCUT2D eigenvalue weighted by atomic mass is 10.1. The first kappa shape index (κ1) is 26.3. The van der Waals surface area contributed by atoms with Crippen LogP contribution >= 0.6 is 0 Å². The Labute approximate surface area is 195 Å². The molecule has 0 unspecified atom stereocenters. The first-order valence-electron chi connectivity index (χ1n) is 10.8. The Kier molecular flexibility index (Phi) is 7.85. The van der Waals surface area contributed by atoms with E-state index in [9.17, 15) is 26.7 Å². The third kappa shape index (κ3) is 6.87. The maximum Gasteiger partial charge on any atom is 0.419 e. The number of sulfonamides is 1. The van der Waals surface area contributed by atoms with Crippen LogP contribution in [0.5, 0.6) is 0 Å². The lowest BCUT2D eigenvalue weighted by molar-refractivity contribution is -0.137. The van der Waals surface area contributed by atoms with Crippen LogP contribution in [0, 0.1) is 0 Å². The van der Waals surface area contributed by atoms with E-state index in [1.165, 1.54) is 21.4 Å². The molecule has 14 heteroatoms. The maximum atomic E-state index is 13.6. The van der Waals surface area contributed by atoms with Crippen LogP contribution in [0.4, 0.5) is 19.1 Å². The third-order valence-electron chi connectivity index (χ3n) is 5.29. The summed E-state index contributed by atoms with van der Waals surface area (Å²) in [6, 6.07) is -0.216. The highest BCUT2D eigenvalue weighted by Crippen LogP contribution is 2.36. The van der Waals surface area contributed by atoms with Crippen LogP contribution < -0.4 is 5.32 Å². The number of rotatable bonds is 9. The molecule has 0 atom stereocenters. The number of aromatic nitrogens is 4. The second kappa shape index (κ2) is 10.1. The lowest BCUT2D eigenvalue weighted by Gasteiger charge is -2.31. The Morgan fingerprint density at radius 3 is 2.47 bits per heavy atom. The summed E-state index contributed by atoms with van der Waals surface area (Å²) in [5, 5.41) is 25.9. The van der Waals surface area contributed by atoms with Gasteiger partial charge < -0.3 is 15.5 Å². The number of hydrogen-bond donors (Lipinski definition) is 3. The minimum atomic E-state index is -4.68. The van der Waals surface area contributed by atoms with Crippen molar-refractivity contribution in [2.45, 2.75) is 57.5 Å². The molecule has 3 heterocycles. The number of piperidine rings is 1. The maximum absolute atomic E-state index is 13.6. The van der Waals surface area contributed by atoms with Gasteiger partial charge in [-0.15, -0.1) is 0 Å². The molecule has 1 fully saturated rings. The molecule has 1 aliphatic rings. The summed E-state index contributed by atoms with van der Waals surface area (Å²) in [6.07, 6.45) is -0.303. The molecular formula is C20H29F3N6O4S. The molecule has 3 N–H and O–H groups in total. The Balaban J connectivity index is 1.76. The van der Waals surface area contributed by atoms with Crippen LogP contribution in [0.25, 0.3) is 11.3 Å². The lowest BCUT2D eigenvalue weighted by Crippen LogP contribution is -2.43. The van der Waals surface area contributed by atoms with Crippen LogP contribution in [0.15, 0.2) is 18.6 Å². The minimum absolute atomic E-state index is 0.000161. The van der Waals surface area contributed by atoms with Gasteiger partial charge in [0.1, 0.15) is 5.56 Å². The van der Waals surface area contributed by atoms with E-state index in [0.29, 0.717) is 19.0 Å². The van der Waals surface area contributed by atoms with Gasteiger partial charge in [0.2, 0.25) is 16.0 Å². The molecule has 2 aromatic heterocycles. The summed E-state index contributed by atoms with van der Waals surface area (Å²) in [7, 11) is -3.46. The Bertz CT molecular complexity index is 1080. The summed E-state index contributed by atoms with van der Waals surface area (Å²) in [6.45, 7) is 3.51. The summed E-state index contributed by atoms with van der Waals surface area (Å²) >= 11 is 0. The molecule has 0 aliphatic carbocycles. The van der Waals surface area contributed by atoms with Crippen LogP contribution in [0.3, 0.4) is 0 Å². The van der Waals surface area contributed by atoms with E-state index < -0.39 is 27.4 Å². The normalized spacial score (nSPS) is 16.7. The van der Waals surface area contributed by atoms with E-state index in [-0.39, 0.29) is 61.7 Å². The van der Waals surface area contributed by atoms with Crippen molar-refractivity contribution in [1.29, 1.82) is 0 Å². The zero-order valence-electron chi connectivity index (χ0n) is 19.0. The average molecular weight is 507 g/mol. The average Bonchev–Trinajstić information content (AvgIpc) is 3.18. The van der Waals surface area contributed by atoms with Crippen molar-refractivity contribution in [2.24, 2.45) is 0 Å². The van der Waals surface area contributed by atoms with Crippen LogP contribution in [0.2, 0.25) is 0 Å². The Morgan fingerprint density at radius 2 is 1.88 bits per heavy atom. The second-order valence-electron chi connectivity index (χ2n) is 8.90. The van der Waals surface area contributed by atoms with Gasteiger partial charge in [-0.2, -0.15) is 18.3 Å². The van der Waals surface area contributed by atoms with Crippen LogP contribution in [-0.4, -0.2) is 79.8 Å². The van der Waals surface area contributed by atoms with Crippen molar-refractivity contribution >= 4 is 16.0 Å². The molecule has 1 saturated heterocycles. The second-order valence-corrected chi connectivity index (χ2v) is 11.0. The number of alkyl halides is 3. The molecule has 0 spiro atoms. The Hall–Kier alpha value is -2.29. The van der Waals surface area contributed by atoms with Gasteiger partial charge in [-0.25, -0.2) is 22.7 Å². The van der Waals surface area contributed by atoms with E-state index in [0.717, 1.165) is 0 Å². The summed E-state index contributed by atoms with van der Waals surface area (Å²) in [4.78, 5) is 7.93. The fourth-order valence-electron chi connectivity index (χ4n) is 3.68. The molecule has 190 valence electrons. The highest BCUT2D eigenvalue weighted by molar-refractivity contribution is 7.89. The Morgan fingerprint density at radius 1 is 1.21 bits per heavy atom. The summed E-state index contributed by atoms with van der Waals surface area (Å²) in [5.41, 5.74) is -2.32. The number of anilines is 1. The topological polar surface area (TPSA) is 133 Å². The smallest absolute Gasteiger partial charge is 0.396 e. The molecule has 10 nitrogen and oxygen atoms in total. The van der Waals surface area contributed by atoms with Gasteiger partial charge in [0.15, 0.2) is 0 Å². The molecule has 0 radical (unpaired) electrons. The molecule has 1 aliphatic heterocycles. The van der Waals surface area contributed by atoms with Gasteiger partial charge in [-0.1, -0.05) is 0 Å². The van der Waals surface area contributed by atoms with Gasteiger partial charge >= 0.3 is 6.18 Å². The zero-order chi connectivity index (χ0) is 25.1. The van der Waals surface area contributed by atoms with E-state index in [1.807, 2.05) is 0 Å². The van der Waals surface area contributed by atoms with Crippen molar-refractivity contribution in [3.05, 3.63) is 24.2 Å². The largest absolute Gasteiger partial charge is 0.419 e. The quantitative estimate of drug-likeness (QED) is 0.468. The number of nitrogens with zero attached hydrogens (tertiary/aromatic N) is 5. The molecule has 0 saturated carbocycles. The predicted octanol–water partition coefficient (Wildman–Crippen LogP) is 1.72. The predicted molar refractivity (Wildman–Crippen MR) is 118 cm³/mol. The SMILES string of the molecule is CC(C)(O)Cn1cc(-c2nc(NC3CCN(S(=O)(=O)CCCO)CC3)ncc2C(F)(F)F)cn1. The molecule has 0 bridgehead atoms. The van der Waals surface area contributed by atoms with Gasteiger partial charge in [-0.3, -0.25) is 4.68 Å². The van der Waals surface area contributed by atoms with E-state index in [2.05, 4.69) is 20.4 Å². The number of halogens is 3. The van der Waals surface area contributed by atoms with Crippen molar-refractivity contribution in [3.63, 3.8) is 0 Å². The molecule has 3 rings (SSSR count). The number of aliphatic hydroxyl groups excluding tert-OH is 1. The van der Waals surface area contributed by atoms with E-state index in [4.69, 9.17) is 5.11 Å². The van der Waals surface area contributed by atoms with Gasteiger partial charge in [0.05, 0.1) is 29.8 Å². The van der Waals surface area contributed by atoms with Crippen molar-refractivity contribution in [2.75, 3.05) is 30.8 Å². The fraction of sp³-hybridized carbons (Fsp3) is 0.650. The van der Waals surface area contributed by atoms with Gasteiger partial charge in [0.25, 0.3) is 0 Å². The highest BCUT2D eigenvalue weighted by atomic mass is 32.2. The first-order valence-corrected chi connectivity index (χ1v) is 12.4. The van der Waals surface area contributed by atoms with Crippen molar-refractivity contribution in [1.82, 2.24) is 24.1 Å². The molecular weight excluding hydrogens is 477 g/mol. The van der Waals surface area contributed by atoms with Gasteiger partial charge in [0, 0.05) is 43.7 Å². The fourth-order valence-corrected chi connectivity index (χ4v) is 5.20. The molecule has 0 amide bonds. The van der Waals surface area contributed by atoms with Crippen LogP contribution in [-0.2, 0) is 22.7 Å². The monoisotopic (exact) mass is 506 g/mol. The third-order valence-corrected chi connectivity index (χ3v) is 7.25. The standard InChI is InChI=1S/C20H29F3N6O4S/c1-19(2,31)13-28-12-14(10-25-28)17-16(20(21,22)23)11-24-18(27-17)26-15-4-6-29(7-5-15)34(32,33)9-3-8-30/h10-12,15,30-31H,3-9,13H2,1-2H3,(H,24,26,27). The van der Waals surface area contributed by atoms with Crippen molar-refractivity contribution in [3.8, 4) is 11.3 Å². The molecule has 0 aromatic carbocycles. The number of nitrogens with one attached hydrogen (secondary N) is 1. The number of aliphatic hydroxyl groups is 2. The van der Waals surface area contributed by atoms with E-state index in [1.54, 1.807) is 13.8 Å². The molecule has 34 heavy (non-hydrogen) atoms. The summed E-state index contributed by atoms with van der Waals surface area (Å²) < 4.78 is 68.0. The minimum Gasteiger partial charge on any atom is -0.396 e. The summed E-state index contributed by atoms with van der Waals surface area (Å²) in [5.74, 6) is -0.131.